The Balaban J connectivity index is 1.80. The van der Waals surface area contributed by atoms with Crippen LogP contribution in [0.5, 0.6) is 0 Å². The number of piperidine rings is 1. The van der Waals surface area contributed by atoms with Crippen molar-refractivity contribution < 1.29 is 9.59 Å². The maximum Gasteiger partial charge on any atom is 0.313 e. The molecule has 1 aromatic carbocycles. The van der Waals surface area contributed by atoms with Crippen LogP contribution in [-0.4, -0.2) is 28.2 Å². The van der Waals surface area contributed by atoms with Crippen LogP contribution in [0.4, 0.5) is 5.69 Å². The van der Waals surface area contributed by atoms with E-state index in [1.807, 2.05) is 32.0 Å². The number of carbonyl (C=O) groups excluding carboxylic acids is 2. The van der Waals surface area contributed by atoms with Crippen molar-refractivity contribution in [2.75, 3.05) is 11.9 Å². The summed E-state index contributed by atoms with van der Waals surface area (Å²) in [5.74, 6) is -0.706. The standard InChI is InChI=1S/C21H25N3O2/c1-14-5-4-6-17(9-14)19-8-7-15(2)13-24(19)21(26)20(25)23-18-10-16(3)11-22-12-18/h4-6,9-12,15,19H,7-8,13H2,1-3H3,(H,23,25)/t15-,19+/m0/s1. The number of pyridine rings is 1. The summed E-state index contributed by atoms with van der Waals surface area (Å²) in [5.41, 5.74) is 3.72. The van der Waals surface area contributed by atoms with E-state index in [2.05, 4.69) is 23.3 Å². The first kappa shape index (κ1) is 18.1. The summed E-state index contributed by atoms with van der Waals surface area (Å²) in [4.78, 5) is 31.2. The highest BCUT2D eigenvalue weighted by Gasteiger charge is 2.34. The van der Waals surface area contributed by atoms with Crippen LogP contribution in [0, 0.1) is 19.8 Å². The Morgan fingerprint density at radius 2 is 1.92 bits per heavy atom. The molecule has 136 valence electrons. The predicted molar refractivity (Wildman–Crippen MR) is 102 cm³/mol. The third-order valence-corrected chi connectivity index (χ3v) is 4.83. The van der Waals surface area contributed by atoms with Crippen LogP contribution in [0.15, 0.2) is 42.7 Å². The number of likely N-dealkylation sites (tertiary alicyclic amines) is 1. The molecule has 26 heavy (non-hydrogen) atoms. The molecule has 2 heterocycles. The molecule has 1 aliphatic rings. The molecule has 2 atom stereocenters. The second kappa shape index (κ2) is 7.68. The van der Waals surface area contributed by atoms with Gasteiger partial charge in [-0.05, 0) is 49.8 Å². The predicted octanol–water partition coefficient (Wildman–Crippen LogP) is 3.64. The smallest absolute Gasteiger partial charge is 0.313 e. The lowest BCUT2D eigenvalue weighted by Gasteiger charge is -2.38. The molecule has 2 aromatic rings. The van der Waals surface area contributed by atoms with Gasteiger partial charge in [0.15, 0.2) is 0 Å². The van der Waals surface area contributed by atoms with Crippen LogP contribution in [0.2, 0.25) is 0 Å². The van der Waals surface area contributed by atoms with Gasteiger partial charge in [-0.1, -0.05) is 36.8 Å². The van der Waals surface area contributed by atoms with Crippen molar-refractivity contribution in [3.05, 3.63) is 59.4 Å². The van der Waals surface area contributed by atoms with Gasteiger partial charge in [-0.25, -0.2) is 0 Å². The minimum atomic E-state index is -0.607. The second-order valence-electron chi connectivity index (χ2n) is 7.28. The fourth-order valence-corrected chi connectivity index (χ4v) is 3.54. The van der Waals surface area contributed by atoms with Crippen molar-refractivity contribution >= 4 is 17.5 Å². The van der Waals surface area contributed by atoms with Gasteiger partial charge in [0, 0.05) is 12.7 Å². The topological polar surface area (TPSA) is 62.3 Å². The van der Waals surface area contributed by atoms with Gasteiger partial charge in [0.2, 0.25) is 0 Å². The van der Waals surface area contributed by atoms with Crippen LogP contribution < -0.4 is 5.32 Å². The maximum atomic E-state index is 12.9. The number of amides is 2. The molecule has 1 fully saturated rings. The number of hydrogen-bond acceptors (Lipinski definition) is 3. The maximum absolute atomic E-state index is 12.9. The summed E-state index contributed by atoms with van der Waals surface area (Å²) in [6.45, 7) is 6.65. The van der Waals surface area contributed by atoms with E-state index in [4.69, 9.17) is 0 Å². The lowest BCUT2D eigenvalue weighted by molar-refractivity contribution is -0.146. The summed E-state index contributed by atoms with van der Waals surface area (Å²) < 4.78 is 0. The fraction of sp³-hybridized carbons (Fsp3) is 0.381. The molecule has 0 saturated carbocycles. The second-order valence-corrected chi connectivity index (χ2v) is 7.28. The van der Waals surface area contributed by atoms with E-state index in [1.165, 1.54) is 0 Å². The molecule has 1 aromatic heterocycles. The quantitative estimate of drug-likeness (QED) is 0.840. The van der Waals surface area contributed by atoms with Crippen LogP contribution in [-0.2, 0) is 9.59 Å². The number of aromatic nitrogens is 1. The largest absolute Gasteiger partial charge is 0.327 e. The number of benzene rings is 1. The summed E-state index contributed by atoms with van der Waals surface area (Å²) >= 11 is 0. The molecular formula is C21H25N3O2. The van der Waals surface area contributed by atoms with E-state index in [1.54, 1.807) is 23.4 Å². The summed E-state index contributed by atoms with van der Waals surface area (Å²) in [7, 11) is 0. The van der Waals surface area contributed by atoms with E-state index in [-0.39, 0.29) is 6.04 Å². The Bertz CT molecular complexity index is 818. The third-order valence-electron chi connectivity index (χ3n) is 4.83. The first-order chi connectivity index (χ1) is 12.4. The van der Waals surface area contributed by atoms with Gasteiger partial charge < -0.3 is 10.2 Å². The average Bonchev–Trinajstić information content (AvgIpc) is 2.61. The van der Waals surface area contributed by atoms with E-state index in [0.717, 1.165) is 29.5 Å². The normalized spacial score (nSPS) is 19.9. The molecule has 0 spiro atoms. The molecular weight excluding hydrogens is 326 g/mol. The number of rotatable bonds is 2. The van der Waals surface area contributed by atoms with Crippen LogP contribution in [0.25, 0.3) is 0 Å². The van der Waals surface area contributed by atoms with Crippen molar-refractivity contribution in [3.63, 3.8) is 0 Å². The van der Waals surface area contributed by atoms with E-state index < -0.39 is 11.8 Å². The monoisotopic (exact) mass is 351 g/mol. The molecule has 0 radical (unpaired) electrons. The van der Waals surface area contributed by atoms with Gasteiger partial charge in [-0.3, -0.25) is 14.6 Å². The van der Waals surface area contributed by atoms with Crippen molar-refractivity contribution in [1.82, 2.24) is 9.88 Å². The zero-order valence-electron chi connectivity index (χ0n) is 15.5. The molecule has 5 nitrogen and oxygen atoms in total. The Morgan fingerprint density at radius 1 is 1.12 bits per heavy atom. The van der Waals surface area contributed by atoms with Crippen LogP contribution >= 0.6 is 0 Å². The molecule has 3 rings (SSSR count). The molecule has 0 aliphatic carbocycles. The van der Waals surface area contributed by atoms with E-state index in [0.29, 0.717) is 18.2 Å². The number of nitrogens with zero attached hydrogens (tertiary/aromatic N) is 2. The molecule has 1 N–H and O–H groups in total. The van der Waals surface area contributed by atoms with Gasteiger partial charge in [-0.2, -0.15) is 0 Å². The average molecular weight is 351 g/mol. The Kier molecular flexibility index (Phi) is 5.35. The molecule has 0 bridgehead atoms. The van der Waals surface area contributed by atoms with Crippen molar-refractivity contribution in [1.29, 1.82) is 0 Å². The lowest BCUT2D eigenvalue weighted by Crippen LogP contribution is -2.46. The molecule has 2 amide bonds. The highest BCUT2D eigenvalue weighted by Crippen LogP contribution is 2.33. The first-order valence-electron chi connectivity index (χ1n) is 9.04. The van der Waals surface area contributed by atoms with E-state index in [9.17, 15) is 9.59 Å². The molecule has 5 heteroatoms. The number of carbonyl (C=O) groups is 2. The van der Waals surface area contributed by atoms with E-state index >= 15 is 0 Å². The number of anilines is 1. The van der Waals surface area contributed by atoms with Crippen LogP contribution in [0.3, 0.4) is 0 Å². The van der Waals surface area contributed by atoms with Crippen molar-refractivity contribution in [3.8, 4) is 0 Å². The minimum Gasteiger partial charge on any atom is -0.327 e. The van der Waals surface area contributed by atoms with Gasteiger partial charge in [0.25, 0.3) is 0 Å². The van der Waals surface area contributed by atoms with Gasteiger partial charge in [-0.15, -0.1) is 0 Å². The Hall–Kier alpha value is -2.69. The lowest BCUT2D eigenvalue weighted by atomic mass is 9.89. The first-order valence-corrected chi connectivity index (χ1v) is 9.04. The number of nitrogens with one attached hydrogen (secondary N) is 1. The molecule has 1 saturated heterocycles. The Labute approximate surface area is 154 Å². The number of aryl methyl sites for hydroxylation is 2. The zero-order chi connectivity index (χ0) is 18.7. The summed E-state index contributed by atoms with van der Waals surface area (Å²) in [5, 5.41) is 2.69. The zero-order valence-corrected chi connectivity index (χ0v) is 15.5. The fourth-order valence-electron chi connectivity index (χ4n) is 3.54. The highest BCUT2D eigenvalue weighted by molar-refractivity contribution is 6.39. The minimum absolute atomic E-state index is 0.0556. The number of hydrogen-bond donors (Lipinski definition) is 1. The molecule has 0 unspecified atom stereocenters. The van der Waals surface area contributed by atoms with Gasteiger partial charge in [0.1, 0.15) is 0 Å². The van der Waals surface area contributed by atoms with Gasteiger partial charge >= 0.3 is 11.8 Å². The SMILES string of the molecule is Cc1cncc(NC(=O)C(=O)N2C[C@@H](C)CC[C@@H]2c2cccc(C)c2)c1. The van der Waals surface area contributed by atoms with Gasteiger partial charge in [0.05, 0.1) is 17.9 Å². The van der Waals surface area contributed by atoms with Crippen LogP contribution in [0.1, 0.15) is 42.5 Å². The molecule has 1 aliphatic heterocycles. The van der Waals surface area contributed by atoms with Crippen molar-refractivity contribution in [2.45, 2.75) is 39.7 Å². The highest BCUT2D eigenvalue weighted by atomic mass is 16.2. The third kappa shape index (κ3) is 4.10. The summed E-state index contributed by atoms with van der Waals surface area (Å²) in [6, 6.07) is 9.93. The Morgan fingerprint density at radius 3 is 2.65 bits per heavy atom. The van der Waals surface area contributed by atoms with Crippen molar-refractivity contribution in [2.24, 2.45) is 5.92 Å². The summed E-state index contributed by atoms with van der Waals surface area (Å²) in [6.07, 6.45) is 5.17.